The van der Waals surface area contributed by atoms with Crippen molar-refractivity contribution < 1.29 is 13.9 Å². The molecule has 0 amide bonds. The number of hydrogen-bond acceptors (Lipinski definition) is 2. The third kappa shape index (κ3) is 4.30. The monoisotopic (exact) mass is 407 g/mol. The summed E-state index contributed by atoms with van der Waals surface area (Å²) in [6.07, 6.45) is 0. The molecule has 1 fully saturated rings. The van der Waals surface area contributed by atoms with Gasteiger partial charge in [-0.3, -0.25) is 4.90 Å². The van der Waals surface area contributed by atoms with Crippen molar-refractivity contribution in [1.29, 1.82) is 0 Å². The molecule has 4 rings (SSSR count). The summed E-state index contributed by atoms with van der Waals surface area (Å²) in [5, 5.41) is 10.8. The third-order valence-corrected chi connectivity index (χ3v) is 6.01. The molecular weight excluding hydrogens is 380 g/mol. The first-order valence-electron chi connectivity index (χ1n) is 10.4. The van der Waals surface area contributed by atoms with Crippen molar-refractivity contribution in [3.05, 3.63) is 107 Å². The SMILES string of the molecule is CC(C)(O)C(c1cc(F)cc(F)c1)C1CN(C(c2ccccc2)c2ccccc2)C1. The van der Waals surface area contributed by atoms with Crippen molar-refractivity contribution in [2.75, 3.05) is 13.1 Å². The minimum atomic E-state index is -1.09. The molecule has 4 heteroatoms. The van der Waals surface area contributed by atoms with Gasteiger partial charge in [-0.25, -0.2) is 8.78 Å². The Morgan fingerprint density at radius 3 is 1.70 bits per heavy atom. The Bertz CT molecular complexity index is 919. The van der Waals surface area contributed by atoms with Crippen LogP contribution in [0.1, 0.15) is 42.5 Å². The Hall–Kier alpha value is -2.56. The van der Waals surface area contributed by atoms with E-state index in [2.05, 4.69) is 29.2 Å². The molecule has 3 aromatic rings. The van der Waals surface area contributed by atoms with E-state index < -0.39 is 17.2 Å². The highest BCUT2D eigenvalue weighted by Crippen LogP contribution is 2.44. The van der Waals surface area contributed by atoms with Gasteiger partial charge in [0, 0.05) is 25.1 Å². The zero-order valence-corrected chi connectivity index (χ0v) is 17.3. The molecule has 0 radical (unpaired) electrons. The molecule has 1 aliphatic rings. The molecule has 1 aliphatic heterocycles. The van der Waals surface area contributed by atoms with Gasteiger partial charge in [-0.1, -0.05) is 60.7 Å². The molecule has 1 heterocycles. The van der Waals surface area contributed by atoms with Crippen LogP contribution in [0.3, 0.4) is 0 Å². The number of halogens is 2. The molecule has 1 atom stereocenters. The Labute approximate surface area is 176 Å². The lowest BCUT2D eigenvalue weighted by atomic mass is 9.71. The lowest BCUT2D eigenvalue weighted by Gasteiger charge is -2.50. The van der Waals surface area contributed by atoms with Crippen molar-refractivity contribution in [3.8, 4) is 0 Å². The number of nitrogens with zero attached hydrogens (tertiary/aromatic N) is 1. The first-order chi connectivity index (χ1) is 14.3. The summed E-state index contributed by atoms with van der Waals surface area (Å²) in [6.45, 7) is 4.91. The van der Waals surface area contributed by atoms with E-state index in [4.69, 9.17) is 0 Å². The highest BCUT2D eigenvalue weighted by molar-refractivity contribution is 5.33. The average molecular weight is 408 g/mol. The van der Waals surface area contributed by atoms with Crippen molar-refractivity contribution in [1.82, 2.24) is 4.90 Å². The van der Waals surface area contributed by atoms with E-state index in [9.17, 15) is 13.9 Å². The highest BCUT2D eigenvalue weighted by Gasteiger charge is 2.44. The highest BCUT2D eigenvalue weighted by atomic mass is 19.1. The smallest absolute Gasteiger partial charge is 0.126 e. The second-order valence-corrected chi connectivity index (χ2v) is 8.77. The van der Waals surface area contributed by atoms with E-state index in [0.717, 1.165) is 19.2 Å². The fraction of sp³-hybridized carbons (Fsp3) is 0.308. The standard InChI is InChI=1S/C26H27F2NO/c1-26(2,30)24(20-13-22(27)15-23(28)14-20)21-16-29(17-21)25(18-9-5-3-6-10-18)19-11-7-4-8-12-19/h3-15,21,24-25,30H,16-17H2,1-2H3. The molecular formula is C26H27F2NO. The Morgan fingerprint density at radius 2 is 1.27 bits per heavy atom. The summed E-state index contributed by atoms with van der Waals surface area (Å²) in [6, 6.07) is 24.3. The second kappa shape index (κ2) is 8.29. The van der Waals surface area contributed by atoms with Gasteiger partial charge < -0.3 is 5.11 Å². The van der Waals surface area contributed by atoms with Gasteiger partial charge in [-0.2, -0.15) is 0 Å². The van der Waals surface area contributed by atoms with E-state index in [0.29, 0.717) is 5.56 Å². The van der Waals surface area contributed by atoms with Crippen LogP contribution in [-0.4, -0.2) is 28.7 Å². The van der Waals surface area contributed by atoms with Crippen molar-refractivity contribution in [2.45, 2.75) is 31.4 Å². The van der Waals surface area contributed by atoms with E-state index in [-0.39, 0.29) is 17.9 Å². The predicted octanol–water partition coefficient (Wildman–Crippen LogP) is 5.54. The van der Waals surface area contributed by atoms with Crippen LogP contribution in [0.5, 0.6) is 0 Å². The molecule has 156 valence electrons. The minimum absolute atomic E-state index is 0.0983. The van der Waals surface area contributed by atoms with E-state index >= 15 is 0 Å². The van der Waals surface area contributed by atoms with E-state index in [1.165, 1.54) is 23.3 Å². The molecule has 1 N–H and O–H groups in total. The maximum atomic E-state index is 13.9. The van der Waals surface area contributed by atoms with Gasteiger partial charge in [0.25, 0.3) is 0 Å². The molecule has 0 saturated carbocycles. The topological polar surface area (TPSA) is 23.5 Å². The van der Waals surface area contributed by atoms with Gasteiger partial charge in [-0.15, -0.1) is 0 Å². The largest absolute Gasteiger partial charge is 0.390 e. The summed E-state index contributed by atoms with van der Waals surface area (Å²) < 4.78 is 27.8. The van der Waals surface area contributed by atoms with E-state index in [1.807, 2.05) is 36.4 Å². The molecule has 3 aromatic carbocycles. The first kappa shape index (κ1) is 20.7. The normalized spacial score (nSPS) is 16.5. The maximum absolute atomic E-state index is 13.9. The van der Waals surface area contributed by atoms with Crippen LogP contribution in [-0.2, 0) is 0 Å². The zero-order chi connectivity index (χ0) is 21.3. The van der Waals surface area contributed by atoms with Gasteiger partial charge in [0.1, 0.15) is 11.6 Å². The molecule has 0 aromatic heterocycles. The van der Waals surface area contributed by atoms with Gasteiger partial charge in [0.15, 0.2) is 0 Å². The van der Waals surface area contributed by atoms with Crippen LogP contribution < -0.4 is 0 Å². The quantitative estimate of drug-likeness (QED) is 0.580. The fourth-order valence-corrected chi connectivity index (χ4v) is 4.87. The number of benzene rings is 3. The molecule has 0 spiro atoms. The van der Waals surface area contributed by atoms with Gasteiger partial charge in [0.05, 0.1) is 11.6 Å². The van der Waals surface area contributed by atoms with Gasteiger partial charge in [0.2, 0.25) is 0 Å². The molecule has 0 aliphatic carbocycles. The molecule has 0 bridgehead atoms. The van der Waals surface area contributed by atoms with Crippen molar-refractivity contribution in [3.63, 3.8) is 0 Å². The molecule has 2 nitrogen and oxygen atoms in total. The van der Waals surface area contributed by atoms with Gasteiger partial charge >= 0.3 is 0 Å². The number of rotatable bonds is 6. The van der Waals surface area contributed by atoms with Crippen molar-refractivity contribution in [2.24, 2.45) is 5.92 Å². The van der Waals surface area contributed by atoms with Crippen LogP contribution >= 0.6 is 0 Å². The third-order valence-electron chi connectivity index (χ3n) is 6.01. The summed E-state index contributed by atoms with van der Waals surface area (Å²) in [7, 11) is 0. The predicted molar refractivity (Wildman–Crippen MR) is 115 cm³/mol. The van der Waals surface area contributed by atoms with Crippen LogP contribution in [0.15, 0.2) is 78.9 Å². The Kier molecular flexibility index (Phi) is 5.72. The molecule has 1 unspecified atom stereocenters. The fourth-order valence-electron chi connectivity index (χ4n) is 4.87. The first-order valence-corrected chi connectivity index (χ1v) is 10.4. The van der Waals surface area contributed by atoms with Crippen LogP contribution in [0, 0.1) is 17.6 Å². The number of likely N-dealkylation sites (tertiary alicyclic amines) is 1. The van der Waals surface area contributed by atoms with Crippen molar-refractivity contribution >= 4 is 0 Å². The Balaban J connectivity index is 1.61. The van der Waals surface area contributed by atoms with Gasteiger partial charge in [-0.05, 0) is 48.6 Å². The summed E-state index contributed by atoms with van der Waals surface area (Å²) in [5.41, 5.74) is 1.84. The average Bonchev–Trinajstić information content (AvgIpc) is 2.66. The minimum Gasteiger partial charge on any atom is -0.390 e. The van der Waals surface area contributed by atoms with Crippen LogP contribution in [0.2, 0.25) is 0 Å². The summed E-state index contributed by atoms with van der Waals surface area (Å²) in [5.74, 6) is -1.48. The molecule has 1 saturated heterocycles. The lowest BCUT2D eigenvalue weighted by Crippen LogP contribution is -2.54. The summed E-state index contributed by atoms with van der Waals surface area (Å²) >= 11 is 0. The number of aliphatic hydroxyl groups is 1. The summed E-state index contributed by atoms with van der Waals surface area (Å²) in [4.78, 5) is 2.36. The van der Waals surface area contributed by atoms with Crippen LogP contribution in [0.4, 0.5) is 8.78 Å². The second-order valence-electron chi connectivity index (χ2n) is 8.77. The van der Waals surface area contributed by atoms with Crippen LogP contribution in [0.25, 0.3) is 0 Å². The molecule has 30 heavy (non-hydrogen) atoms. The maximum Gasteiger partial charge on any atom is 0.126 e. The number of hydrogen-bond donors (Lipinski definition) is 1. The lowest BCUT2D eigenvalue weighted by molar-refractivity contribution is -0.0309. The van der Waals surface area contributed by atoms with E-state index in [1.54, 1.807) is 13.8 Å². The Morgan fingerprint density at radius 1 is 0.800 bits per heavy atom. The zero-order valence-electron chi connectivity index (χ0n) is 17.3.